The molecular formula is C10H8F4S. The van der Waals surface area contributed by atoms with Crippen LogP contribution in [-0.4, -0.2) is 5.75 Å². The summed E-state index contributed by atoms with van der Waals surface area (Å²) in [5, 5.41) is 0. The van der Waals surface area contributed by atoms with Gasteiger partial charge < -0.3 is 0 Å². The summed E-state index contributed by atoms with van der Waals surface area (Å²) in [4.78, 5) is 0. The lowest BCUT2D eigenvalue weighted by Crippen LogP contribution is -2.07. The molecule has 82 valence electrons. The van der Waals surface area contributed by atoms with Gasteiger partial charge in [-0.15, -0.1) is 0 Å². The number of rotatable bonds is 2. The fraction of sp³-hybridized carbons (Fsp3) is 0.200. The first kappa shape index (κ1) is 12.1. The van der Waals surface area contributed by atoms with E-state index in [0.29, 0.717) is 11.8 Å². The molecule has 0 saturated heterocycles. The highest BCUT2D eigenvalue weighted by Gasteiger charge is 2.33. The number of alkyl halides is 3. The van der Waals surface area contributed by atoms with E-state index >= 15 is 0 Å². The predicted molar refractivity (Wildman–Crippen MR) is 54.3 cm³/mol. The van der Waals surface area contributed by atoms with Crippen LogP contribution in [0.2, 0.25) is 0 Å². The van der Waals surface area contributed by atoms with Crippen molar-refractivity contribution in [2.45, 2.75) is 6.18 Å². The van der Waals surface area contributed by atoms with Crippen LogP contribution in [0.4, 0.5) is 17.6 Å². The van der Waals surface area contributed by atoms with E-state index < -0.39 is 17.6 Å². The zero-order chi connectivity index (χ0) is 11.5. The summed E-state index contributed by atoms with van der Waals surface area (Å²) in [5.74, 6) is -0.570. The van der Waals surface area contributed by atoms with Crippen LogP contribution in [0.3, 0.4) is 0 Å². The molecule has 15 heavy (non-hydrogen) atoms. The van der Waals surface area contributed by atoms with Crippen molar-refractivity contribution in [1.29, 1.82) is 0 Å². The first-order valence-electron chi connectivity index (χ1n) is 4.09. The van der Waals surface area contributed by atoms with Gasteiger partial charge in [-0.2, -0.15) is 25.8 Å². The van der Waals surface area contributed by atoms with Gasteiger partial charge in [0.05, 0.1) is 5.56 Å². The predicted octanol–water partition coefficient (Wildman–Crippen LogP) is 3.79. The molecule has 1 aromatic carbocycles. The molecule has 0 aliphatic carbocycles. The largest absolute Gasteiger partial charge is 0.417 e. The van der Waals surface area contributed by atoms with Gasteiger partial charge >= 0.3 is 6.18 Å². The highest BCUT2D eigenvalue weighted by Crippen LogP contribution is 2.33. The molecule has 0 fully saturated rings. The molecule has 0 aliphatic rings. The molecule has 0 unspecified atom stereocenters. The van der Waals surface area contributed by atoms with Gasteiger partial charge in [0.15, 0.2) is 0 Å². The van der Waals surface area contributed by atoms with Crippen molar-refractivity contribution in [2.75, 3.05) is 5.75 Å². The second-order valence-electron chi connectivity index (χ2n) is 2.81. The first-order chi connectivity index (χ1) is 6.95. The molecule has 0 saturated carbocycles. The molecule has 0 spiro atoms. The number of halogens is 4. The minimum atomic E-state index is -4.54. The van der Waals surface area contributed by atoms with Crippen molar-refractivity contribution in [3.8, 4) is 0 Å². The van der Waals surface area contributed by atoms with Crippen LogP contribution in [0.1, 0.15) is 11.1 Å². The Labute approximate surface area is 90.0 Å². The SMILES string of the molecule is Fc1ccc(C=CCS)c(C(F)(F)F)c1. The van der Waals surface area contributed by atoms with Crippen LogP contribution in [0.5, 0.6) is 0 Å². The zero-order valence-corrected chi connectivity index (χ0v) is 8.45. The van der Waals surface area contributed by atoms with Gasteiger partial charge in [-0.1, -0.05) is 18.2 Å². The average molecular weight is 236 g/mol. The second kappa shape index (κ2) is 4.70. The summed E-state index contributed by atoms with van der Waals surface area (Å²) < 4.78 is 50.0. The van der Waals surface area contributed by atoms with Gasteiger partial charge in [0.1, 0.15) is 5.82 Å². The Kier molecular flexibility index (Phi) is 3.79. The maximum Gasteiger partial charge on any atom is 0.417 e. The van der Waals surface area contributed by atoms with E-state index in [4.69, 9.17) is 0 Å². The highest BCUT2D eigenvalue weighted by atomic mass is 32.1. The van der Waals surface area contributed by atoms with Crippen LogP contribution in [-0.2, 0) is 6.18 Å². The van der Waals surface area contributed by atoms with Crippen LogP contribution in [0, 0.1) is 5.82 Å². The monoisotopic (exact) mass is 236 g/mol. The van der Waals surface area contributed by atoms with E-state index in [1.54, 1.807) is 0 Å². The first-order valence-corrected chi connectivity index (χ1v) is 4.72. The minimum Gasteiger partial charge on any atom is -0.207 e. The number of hydrogen-bond acceptors (Lipinski definition) is 1. The summed E-state index contributed by atoms with van der Waals surface area (Å²) in [6.45, 7) is 0. The summed E-state index contributed by atoms with van der Waals surface area (Å²) in [5.41, 5.74) is -1.03. The molecule has 0 nitrogen and oxygen atoms in total. The molecule has 0 N–H and O–H groups in total. The van der Waals surface area contributed by atoms with Gasteiger partial charge in [0, 0.05) is 5.75 Å². The summed E-state index contributed by atoms with van der Waals surface area (Å²) in [7, 11) is 0. The summed E-state index contributed by atoms with van der Waals surface area (Å²) >= 11 is 3.84. The Morgan fingerprint density at radius 2 is 1.93 bits per heavy atom. The molecule has 0 heterocycles. The normalized spacial score (nSPS) is 12.3. The van der Waals surface area contributed by atoms with Crippen molar-refractivity contribution in [3.05, 3.63) is 41.2 Å². The molecule has 0 aliphatic heterocycles. The molecule has 0 radical (unpaired) electrons. The van der Waals surface area contributed by atoms with Gasteiger partial charge in [0.25, 0.3) is 0 Å². The van der Waals surface area contributed by atoms with E-state index in [1.807, 2.05) is 0 Å². The lowest BCUT2D eigenvalue weighted by Gasteiger charge is -2.10. The van der Waals surface area contributed by atoms with Crippen LogP contribution in [0.15, 0.2) is 24.3 Å². The Balaban J connectivity index is 3.21. The second-order valence-corrected chi connectivity index (χ2v) is 3.18. The van der Waals surface area contributed by atoms with Crippen LogP contribution in [0.25, 0.3) is 6.08 Å². The van der Waals surface area contributed by atoms with E-state index in [9.17, 15) is 17.6 Å². The number of benzene rings is 1. The Morgan fingerprint density at radius 3 is 2.47 bits per heavy atom. The molecule has 1 rings (SSSR count). The molecule has 0 aromatic heterocycles. The Bertz CT molecular complexity index is 368. The van der Waals surface area contributed by atoms with Crippen molar-refractivity contribution < 1.29 is 17.6 Å². The molecule has 0 amide bonds. The minimum absolute atomic E-state index is 0.0575. The van der Waals surface area contributed by atoms with E-state index in [2.05, 4.69) is 12.6 Å². The topological polar surface area (TPSA) is 0 Å². The van der Waals surface area contributed by atoms with Gasteiger partial charge in [0.2, 0.25) is 0 Å². The van der Waals surface area contributed by atoms with E-state index in [0.717, 1.165) is 12.1 Å². The van der Waals surface area contributed by atoms with Crippen molar-refractivity contribution in [1.82, 2.24) is 0 Å². The molecule has 1 aromatic rings. The smallest absolute Gasteiger partial charge is 0.207 e. The third-order valence-electron chi connectivity index (χ3n) is 1.72. The quantitative estimate of drug-likeness (QED) is 0.586. The maximum absolute atomic E-state index is 12.7. The third kappa shape index (κ3) is 3.27. The standard InChI is InChI=1S/C10H8F4S/c11-8-4-3-7(2-1-5-15)9(6-8)10(12,13)14/h1-4,6,15H,5H2. The van der Waals surface area contributed by atoms with E-state index in [-0.39, 0.29) is 5.56 Å². The van der Waals surface area contributed by atoms with Crippen molar-refractivity contribution in [3.63, 3.8) is 0 Å². The number of thiol groups is 1. The van der Waals surface area contributed by atoms with Gasteiger partial charge in [-0.25, -0.2) is 4.39 Å². The van der Waals surface area contributed by atoms with Gasteiger partial charge in [-0.3, -0.25) is 0 Å². The number of hydrogen-bond donors (Lipinski definition) is 1. The highest BCUT2D eigenvalue weighted by molar-refractivity contribution is 7.80. The average Bonchev–Trinajstić information content (AvgIpc) is 2.14. The fourth-order valence-electron chi connectivity index (χ4n) is 1.10. The Hall–Kier alpha value is -0.970. The molecule has 0 atom stereocenters. The molecule has 0 bridgehead atoms. The maximum atomic E-state index is 12.7. The zero-order valence-electron chi connectivity index (χ0n) is 7.55. The lowest BCUT2D eigenvalue weighted by molar-refractivity contribution is -0.137. The van der Waals surface area contributed by atoms with Crippen molar-refractivity contribution >= 4 is 18.7 Å². The van der Waals surface area contributed by atoms with Crippen LogP contribution < -0.4 is 0 Å². The van der Waals surface area contributed by atoms with E-state index in [1.165, 1.54) is 12.2 Å². The summed E-state index contributed by atoms with van der Waals surface area (Å²) in [6.07, 6.45) is -1.81. The fourth-order valence-corrected chi connectivity index (χ4v) is 1.20. The molecule has 5 heteroatoms. The molecular weight excluding hydrogens is 228 g/mol. The summed E-state index contributed by atoms with van der Waals surface area (Å²) in [6, 6.07) is 2.57. The van der Waals surface area contributed by atoms with Gasteiger partial charge in [-0.05, 0) is 17.7 Å². The van der Waals surface area contributed by atoms with Crippen molar-refractivity contribution in [2.24, 2.45) is 0 Å². The Morgan fingerprint density at radius 1 is 1.27 bits per heavy atom. The third-order valence-corrected chi connectivity index (χ3v) is 1.93. The van der Waals surface area contributed by atoms with Crippen LogP contribution >= 0.6 is 12.6 Å². The lowest BCUT2D eigenvalue weighted by atomic mass is 10.1.